The summed E-state index contributed by atoms with van der Waals surface area (Å²) in [5.41, 5.74) is 2.73. The van der Waals surface area contributed by atoms with Crippen molar-refractivity contribution in [3.63, 3.8) is 0 Å². The van der Waals surface area contributed by atoms with Crippen LogP contribution in [-0.4, -0.2) is 11.2 Å². The van der Waals surface area contributed by atoms with Crippen molar-refractivity contribution in [2.75, 3.05) is 0 Å². The molecule has 1 N–H and O–H groups in total. The summed E-state index contributed by atoms with van der Waals surface area (Å²) in [6, 6.07) is 0. The number of allylic oxidation sites excluding steroid dienone is 1. The molecule has 0 spiro atoms. The average Bonchev–Trinajstić information content (AvgIpc) is 2.65. The minimum Gasteiger partial charge on any atom is -0.391 e. The SMILES string of the molecule is C=C1C2C3C(C)=CC1(C)C(O)C23C. The van der Waals surface area contributed by atoms with Crippen LogP contribution >= 0.6 is 0 Å². The summed E-state index contributed by atoms with van der Waals surface area (Å²) in [6.45, 7) is 10.7. The molecule has 0 aromatic rings. The standard InChI is InChI=1S/C12H16O/c1-6-5-11(3)7(2)9-8(6)12(9,4)10(11)13/h5,8-10,13H,2H2,1,3-4H3. The van der Waals surface area contributed by atoms with Gasteiger partial charge in [0.1, 0.15) is 0 Å². The first kappa shape index (κ1) is 7.81. The lowest BCUT2D eigenvalue weighted by Crippen LogP contribution is -2.38. The summed E-state index contributed by atoms with van der Waals surface area (Å²) in [4.78, 5) is 0. The molecule has 1 heteroatoms. The predicted octanol–water partition coefficient (Wildman–Crippen LogP) is 2.14. The highest BCUT2D eigenvalue weighted by Gasteiger charge is 2.78. The molecule has 0 aliphatic heterocycles. The molecule has 0 saturated heterocycles. The van der Waals surface area contributed by atoms with Crippen LogP contribution in [0.1, 0.15) is 20.8 Å². The number of hydrogen-bond acceptors (Lipinski definition) is 1. The molecule has 1 nitrogen and oxygen atoms in total. The largest absolute Gasteiger partial charge is 0.391 e. The summed E-state index contributed by atoms with van der Waals surface area (Å²) in [6.07, 6.45) is 2.03. The van der Waals surface area contributed by atoms with Crippen LogP contribution < -0.4 is 0 Å². The molecule has 0 radical (unpaired) electrons. The summed E-state index contributed by atoms with van der Waals surface area (Å²) >= 11 is 0. The lowest BCUT2D eigenvalue weighted by atomic mass is 9.69. The Labute approximate surface area is 79.2 Å². The minimum absolute atomic E-state index is 0.127. The second-order valence-electron chi connectivity index (χ2n) is 5.42. The second kappa shape index (κ2) is 1.66. The van der Waals surface area contributed by atoms with E-state index in [9.17, 15) is 5.11 Å². The van der Waals surface area contributed by atoms with E-state index in [0.717, 1.165) is 0 Å². The van der Waals surface area contributed by atoms with Crippen LogP contribution in [0.2, 0.25) is 0 Å². The molecule has 2 fully saturated rings. The van der Waals surface area contributed by atoms with Crippen molar-refractivity contribution in [1.29, 1.82) is 0 Å². The highest BCUT2D eigenvalue weighted by molar-refractivity contribution is 5.52. The third-order valence-corrected chi connectivity index (χ3v) is 4.81. The van der Waals surface area contributed by atoms with E-state index in [4.69, 9.17) is 0 Å². The van der Waals surface area contributed by atoms with E-state index in [1.807, 2.05) is 0 Å². The van der Waals surface area contributed by atoms with Gasteiger partial charge in [0, 0.05) is 10.8 Å². The Morgan fingerprint density at radius 2 is 2.00 bits per heavy atom. The third-order valence-electron chi connectivity index (χ3n) is 4.81. The van der Waals surface area contributed by atoms with Gasteiger partial charge >= 0.3 is 0 Å². The first-order chi connectivity index (χ1) is 5.94. The zero-order valence-corrected chi connectivity index (χ0v) is 8.46. The van der Waals surface area contributed by atoms with Crippen molar-refractivity contribution in [3.8, 4) is 0 Å². The van der Waals surface area contributed by atoms with Crippen molar-refractivity contribution in [2.45, 2.75) is 26.9 Å². The Bertz CT molecular complexity index is 354. The molecule has 0 heterocycles. The van der Waals surface area contributed by atoms with Crippen LogP contribution in [0.3, 0.4) is 0 Å². The smallest absolute Gasteiger partial charge is 0.0730 e. The van der Waals surface area contributed by atoms with E-state index in [1.54, 1.807) is 0 Å². The lowest BCUT2D eigenvalue weighted by Gasteiger charge is -2.38. The number of hydrogen-bond donors (Lipinski definition) is 1. The highest BCUT2D eigenvalue weighted by Crippen LogP contribution is 2.80. The van der Waals surface area contributed by atoms with Gasteiger partial charge in [-0.2, -0.15) is 0 Å². The van der Waals surface area contributed by atoms with Gasteiger partial charge in [0.25, 0.3) is 0 Å². The Morgan fingerprint density at radius 1 is 1.38 bits per heavy atom. The van der Waals surface area contributed by atoms with E-state index in [1.165, 1.54) is 11.1 Å². The quantitative estimate of drug-likeness (QED) is 0.561. The first-order valence-corrected chi connectivity index (χ1v) is 5.00. The van der Waals surface area contributed by atoms with Crippen LogP contribution in [0.4, 0.5) is 0 Å². The second-order valence-corrected chi connectivity index (χ2v) is 5.42. The molecule has 0 aromatic heterocycles. The molecule has 5 atom stereocenters. The van der Waals surface area contributed by atoms with Gasteiger partial charge in [0.15, 0.2) is 0 Å². The lowest BCUT2D eigenvalue weighted by molar-refractivity contribution is 0.0368. The topological polar surface area (TPSA) is 20.2 Å². The molecule has 4 aliphatic carbocycles. The highest BCUT2D eigenvalue weighted by atomic mass is 16.3. The molecule has 0 amide bonds. The summed E-state index contributed by atoms with van der Waals surface area (Å²) in [5.74, 6) is 1.16. The molecule has 70 valence electrons. The van der Waals surface area contributed by atoms with Gasteiger partial charge in [-0.1, -0.05) is 30.7 Å². The van der Waals surface area contributed by atoms with Crippen LogP contribution in [0.25, 0.3) is 0 Å². The minimum atomic E-state index is -0.203. The van der Waals surface area contributed by atoms with Gasteiger partial charge < -0.3 is 5.11 Å². The van der Waals surface area contributed by atoms with Gasteiger partial charge in [0.2, 0.25) is 0 Å². The van der Waals surface area contributed by atoms with Gasteiger partial charge in [0.05, 0.1) is 6.10 Å². The van der Waals surface area contributed by atoms with Crippen molar-refractivity contribution >= 4 is 0 Å². The van der Waals surface area contributed by atoms with Crippen LogP contribution in [0.5, 0.6) is 0 Å². The van der Waals surface area contributed by atoms with Crippen molar-refractivity contribution in [3.05, 3.63) is 23.8 Å². The van der Waals surface area contributed by atoms with E-state index >= 15 is 0 Å². The zero-order valence-electron chi connectivity index (χ0n) is 8.46. The van der Waals surface area contributed by atoms with Gasteiger partial charge in [-0.25, -0.2) is 0 Å². The molecule has 0 aromatic carbocycles. The monoisotopic (exact) mass is 176 g/mol. The maximum atomic E-state index is 10.2. The number of aliphatic hydroxyl groups excluding tert-OH is 1. The van der Waals surface area contributed by atoms with E-state index < -0.39 is 0 Å². The molecular formula is C12H16O. The molecular weight excluding hydrogens is 160 g/mol. The number of aliphatic hydroxyl groups is 1. The van der Waals surface area contributed by atoms with E-state index in [0.29, 0.717) is 11.8 Å². The molecule has 4 aliphatic rings. The fraction of sp³-hybridized carbons (Fsp3) is 0.667. The fourth-order valence-corrected chi connectivity index (χ4v) is 4.09. The fourth-order valence-electron chi connectivity index (χ4n) is 4.09. The zero-order chi connectivity index (χ0) is 9.59. The van der Waals surface area contributed by atoms with Crippen LogP contribution in [-0.2, 0) is 0 Å². The third kappa shape index (κ3) is 0.516. The predicted molar refractivity (Wildman–Crippen MR) is 52.1 cm³/mol. The Hall–Kier alpha value is -0.560. The van der Waals surface area contributed by atoms with Crippen LogP contribution in [0.15, 0.2) is 23.8 Å². The van der Waals surface area contributed by atoms with E-state index in [2.05, 4.69) is 33.4 Å². The van der Waals surface area contributed by atoms with Crippen LogP contribution in [0, 0.1) is 22.7 Å². The van der Waals surface area contributed by atoms with Gasteiger partial charge in [-0.3, -0.25) is 0 Å². The number of rotatable bonds is 0. The van der Waals surface area contributed by atoms with Crippen molar-refractivity contribution in [1.82, 2.24) is 0 Å². The first-order valence-electron chi connectivity index (χ1n) is 5.00. The average molecular weight is 176 g/mol. The van der Waals surface area contributed by atoms with Crippen molar-refractivity contribution in [2.24, 2.45) is 22.7 Å². The summed E-state index contributed by atoms with van der Waals surface area (Å²) in [5, 5.41) is 10.2. The van der Waals surface area contributed by atoms with Gasteiger partial charge in [-0.05, 0) is 25.7 Å². The summed E-state index contributed by atoms with van der Waals surface area (Å²) < 4.78 is 0. The molecule has 2 saturated carbocycles. The maximum Gasteiger partial charge on any atom is 0.0730 e. The van der Waals surface area contributed by atoms with E-state index in [-0.39, 0.29) is 16.9 Å². The maximum absolute atomic E-state index is 10.2. The Balaban J connectivity index is 2.27. The Morgan fingerprint density at radius 3 is 2.38 bits per heavy atom. The Kier molecular flexibility index (Phi) is 0.995. The van der Waals surface area contributed by atoms with Gasteiger partial charge in [-0.15, -0.1) is 0 Å². The molecule has 4 rings (SSSR count). The molecule has 4 bridgehead atoms. The molecule has 13 heavy (non-hydrogen) atoms. The normalized spacial score (nSPS) is 62.3. The molecule has 5 unspecified atom stereocenters. The summed E-state index contributed by atoms with van der Waals surface area (Å²) in [7, 11) is 0. The van der Waals surface area contributed by atoms with Crippen molar-refractivity contribution < 1.29 is 5.11 Å².